The first-order chi connectivity index (χ1) is 10.7. The van der Waals surface area contributed by atoms with Crippen molar-refractivity contribution < 1.29 is 9.13 Å². The fourth-order valence-corrected chi connectivity index (χ4v) is 1.96. The number of nitrogens with zero attached hydrogens (tertiary/aromatic N) is 3. The van der Waals surface area contributed by atoms with E-state index in [2.05, 4.69) is 20.3 Å². The molecule has 0 saturated carbocycles. The minimum atomic E-state index is -0.319. The summed E-state index contributed by atoms with van der Waals surface area (Å²) in [6, 6.07) is 11.5. The van der Waals surface area contributed by atoms with E-state index >= 15 is 0 Å². The highest BCUT2D eigenvalue weighted by atomic mass is 19.1. The molecule has 0 spiro atoms. The van der Waals surface area contributed by atoms with E-state index in [4.69, 9.17) is 4.74 Å². The SMILES string of the molecule is COc1cc(-c2ccnc(Nc3cccc(F)c3)n2)ccn1. The molecule has 0 saturated heterocycles. The highest BCUT2D eigenvalue weighted by molar-refractivity contribution is 5.62. The third kappa shape index (κ3) is 3.17. The summed E-state index contributed by atoms with van der Waals surface area (Å²) < 4.78 is 18.3. The van der Waals surface area contributed by atoms with Crippen molar-refractivity contribution in [3.8, 4) is 17.1 Å². The predicted octanol–water partition coefficient (Wildman–Crippen LogP) is 3.43. The lowest BCUT2D eigenvalue weighted by atomic mass is 10.2. The van der Waals surface area contributed by atoms with Crippen LogP contribution in [0.2, 0.25) is 0 Å². The number of methoxy groups -OCH3 is 1. The van der Waals surface area contributed by atoms with Gasteiger partial charge in [0.05, 0.1) is 12.8 Å². The highest BCUT2D eigenvalue weighted by Crippen LogP contribution is 2.22. The summed E-state index contributed by atoms with van der Waals surface area (Å²) in [5.41, 5.74) is 2.16. The lowest BCUT2D eigenvalue weighted by molar-refractivity contribution is 0.398. The van der Waals surface area contributed by atoms with E-state index in [-0.39, 0.29) is 5.82 Å². The van der Waals surface area contributed by atoms with Gasteiger partial charge in [-0.25, -0.2) is 19.3 Å². The molecule has 3 rings (SSSR count). The molecule has 1 N–H and O–H groups in total. The Kier molecular flexibility index (Phi) is 3.91. The first kappa shape index (κ1) is 13.9. The number of nitrogens with one attached hydrogen (secondary N) is 1. The molecule has 5 nitrogen and oxygen atoms in total. The van der Waals surface area contributed by atoms with Crippen LogP contribution >= 0.6 is 0 Å². The summed E-state index contributed by atoms with van der Waals surface area (Å²) >= 11 is 0. The Morgan fingerprint density at radius 1 is 1.05 bits per heavy atom. The Balaban J connectivity index is 1.89. The molecule has 6 heteroatoms. The number of anilines is 2. The predicted molar refractivity (Wildman–Crippen MR) is 81.5 cm³/mol. The van der Waals surface area contributed by atoms with E-state index in [1.54, 1.807) is 43.8 Å². The summed E-state index contributed by atoms with van der Waals surface area (Å²) in [4.78, 5) is 12.6. The number of hydrogen-bond acceptors (Lipinski definition) is 5. The van der Waals surface area contributed by atoms with Gasteiger partial charge < -0.3 is 10.1 Å². The zero-order valence-corrected chi connectivity index (χ0v) is 11.8. The number of ether oxygens (including phenoxy) is 1. The van der Waals surface area contributed by atoms with Crippen molar-refractivity contribution in [1.82, 2.24) is 15.0 Å². The van der Waals surface area contributed by atoms with Gasteiger partial charge in [0.25, 0.3) is 0 Å². The minimum Gasteiger partial charge on any atom is -0.481 e. The average Bonchev–Trinajstić information content (AvgIpc) is 2.55. The molecule has 0 radical (unpaired) electrons. The molecular formula is C16H13FN4O. The first-order valence-electron chi connectivity index (χ1n) is 6.60. The molecule has 22 heavy (non-hydrogen) atoms. The largest absolute Gasteiger partial charge is 0.481 e. The van der Waals surface area contributed by atoms with Gasteiger partial charge in [0.15, 0.2) is 0 Å². The van der Waals surface area contributed by atoms with E-state index in [0.29, 0.717) is 17.5 Å². The molecule has 3 aromatic rings. The van der Waals surface area contributed by atoms with Gasteiger partial charge in [0.1, 0.15) is 5.82 Å². The second-order valence-corrected chi connectivity index (χ2v) is 4.49. The smallest absolute Gasteiger partial charge is 0.227 e. The summed E-state index contributed by atoms with van der Waals surface area (Å²) in [6.45, 7) is 0. The number of pyridine rings is 1. The van der Waals surface area contributed by atoms with Gasteiger partial charge in [-0.1, -0.05) is 6.07 Å². The molecule has 2 aromatic heterocycles. The van der Waals surface area contributed by atoms with Crippen LogP contribution in [-0.2, 0) is 0 Å². The summed E-state index contributed by atoms with van der Waals surface area (Å²) in [6.07, 6.45) is 3.28. The highest BCUT2D eigenvalue weighted by Gasteiger charge is 2.05. The van der Waals surface area contributed by atoms with Crippen LogP contribution in [0, 0.1) is 5.82 Å². The van der Waals surface area contributed by atoms with Crippen LogP contribution < -0.4 is 10.1 Å². The quantitative estimate of drug-likeness (QED) is 0.799. The monoisotopic (exact) mass is 296 g/mol. The molecule has 0 atom stereocenters. The van der Waals surface area contributed by atoms with Gasteiger partial charge >= 0.3 is 0 Å². The van der Waals surface area contributed by atoms with Crippen LogP contribution in [0.25, 0.3) is 11.3 Å². The molecule has 0 aliphatic rings. The summed E-state index contributed by atoms with van der Waals surface area (Å²) in [5.74, 6) is 0.578. The zero-order valence-electron chi connectivity index (χ0n) is 11.8. The van der Waals surface area contributed by atoms with Crippen LogP contribution in [0.5, 0.6) is 5.88 Å². The van der Waals surface area contributed by atoms with Crippen molar-refractivity contribution in [1.29, 1.82) is 0 Å². The van der Waals surface area contributed by atoms with Crippen molar-refractivity contribution in [3.63, 3.8) is 0 Å². The first-order valence-corrected chi connectivity index (χ1v) is 6.60. The maximum atomic E-state index is 13.2. The third-order valence-electron chi connectivity index (χ3n) is 2.98. The van der Waals surface area contributed by atoms with Crippen molar-refractivity contribution >= 4 is 11.6 Å². The summed E-state index contributed by atoms with van der Waals surface area (Å²) in [7, 11) is 1.56. The Morgan fingerprint density at radius 2 is 1.91 bits per heavy atom. The van der Waals surface area contributed by atoms with E-state index in [0.717, 1.165) is 11.3 Å². The second-order valence-electron chi connectivity index (χ2n) is 4.49. The van der Waals surface area contributed by atoms with E-state index in [1.807, 2.05) is 6.07 Å². The van der Waals surface area contributed by atoms with Crippen molar-refractivity contribution in [3.05, 3.63) is 60.7 Å². The van der Waals surface area contributed by atoms with Gasteiger partial charge in [-0.2, -0.15) is 0 Å². The normalized spacial score (nSPS) is 10.3. The van der Waals surface area contributed by atoms with E-state index in [9.17, 15) is 4.39 Å². The number of benzene rings is 1. The molecule has 0 aliphatic carbocycles. The maximum Gasteiger partial charge on any atom is 0.227 e. The molecule has 110 valence electrons. The van der Waals surface area contributed by atoms with E-state index in [1.165, 1.54) is 12.1 Å². The van der Waals surface area contributed by atoms with Crippen molar-refractivity contribution in [2.45, 2.75) is 0 Å². The number of rotatable bonds is 4. The van der Waals surface area contributed by atoms with Gasteiger partial charge in [0, 0.05) is 29.7 Å². The molecule has 0 bridgehead atoms. The van der Waals surface area contributed by atoms with E-state index < -0.39 is 0 Å². The van der Waals surface area contributed by atoms with Crippen LogP contribution in [0.15, 0.2) is 54.9 Å². The molecule has 0 aliphatic heterocycles. The molecular weight excluding hydrogens is 283 g/mol. The standard InChI is InChI=1S/C16H13FN4O/c1-22-15-9-11(5-7-18-15)14-6-8-19-16(21-14)20-13-4-2-3-12(17)10-13/h2-10H,1H3,(H,19,20,21). The van der Waals surface area contributed by atoms with Gasteiger partial charge in [-0.3, -0.25) is 0 Å². The van der Waals surface area contributed by atoms with Gasteiger partial charge in [-0.15, -0.1) is 0 Å². The Labute approximate surface area is 126 Å². The second kappa shape index (κ2) is 6.17. The van der Waals surface area contributed by atoms with Gasteiger partial charge in [-0.05, 0) is 30.3 Å². The Hall–Kier alpha value is -3.02. The molecule has 0 fully saturated rings. The fourth-order valence-electron chi connectivity index (χ4n) is 1.96. The molecule has 0 unspecified atom stereocenters. The maximum absolute atomic E-state index is 13.2. The topological polar surface area (TPSA) is 59.9 Å². The van der Waals surface area contributed by atoms with Gasteiger partial charge in [0.2, 0.25) is 11.8 Å². The van der Waals surface area contributed by atoms with Crippen LogP contribution in [0.3, 0.4) is 0 Å². The number of aromatic nitrogens is 3. The Morgan fingerprint density at radius 3 is 2.73 bits per heavy atom. The third-order valence-corrected chi connectivity index (χ3v) is 2.98. The van der Waals surface area contributed by atoms with Crippen LogP contribution in [0.1, 0.15) is 0 Å². The number of halogens is 1. The fraction of sp³-hybridized carbons (Fsp3) is 0.0625. The minimum absolute atomic E-state index is 0.319. The zero-order chi connectivity index (χ0) is 15.4. The molecule has 2 heterocycles. The average molecular weight is 296 g/mol. The number of hydrogen-bond donors (Lipinski definition) is 1. The lowest BCUT2D eigenvalue weighted by Crippen LogP contribution is -1.98. The van der Waals surface area contributed by atoms with Crippen LogP contribution in [-0.4, -0.2) is 22.1 Å². The Bertz CT molecular complexity index is 794. The van der Waals surface area contributed by atoms with Crippen LogP contribution in [0.4, 0.5) is 16.0 Å². The lowest BCUT2D eigenvalue weighted by Gasteiger charge is -2.07. The molecule has 1 aromatic carbocycles. The molecule has 0 amide bonds. The summed E-state index contributed by atoms with van der Waals surface area (Å²) in [5, 5.41) is 2.97. The van der Waals surface area contributed by atoms with Crippen molar-refractivity contribution in [2.24, 2.45) is 0 Å². The van der Waals surface area contributed by atoms with Crippen molar-refractivity contribution in [2.75, 3.05) is 12.4 Å².